The number of nitrogens with zero attached hydrogens (tertiary/aromatic N) is 2. The lowest BCUT2D eigenvalue weighted by atomic mass is 9.96. The molecule has 0 radical (unpaired) electrons. The Bertz CT molecular complexity index is 840. The molecular formula is C14H15F3N2O6S. The summed E-state index contributed by atoms with van der Waals surface area (Å²) in [5, 5.41) is 8.99. The first kappa shape index (κ1) is 20.1. The molecule has 0 aliphatic carbocycles. The van der Waals surface area contributed by atoms with Crippen LogP contribution in [0.25, 0.3) is 0 Å². The fourth-order valence-corrected chi connectivity index (χ4v) is 4.13. The fraction of sp³-hybridized carbons (Fsp3) is 0.500. The average molecular weight is 396 g/mol. The third-order valence-electron chi connectivity index (χ3n) is 4.13. The number of methoxy groups -OCH3 is 1. The summed E-state index contributed by atoms with van der Waals surface area (Å²) in [6, 6.07) is 0.945. The first-order chi connectivity index (χ1) is 11.9. The maximum atomic E-state index is 13.0. The Morgan fingerprint density at radius 2 is 1.96 bits per heavy atom. The molecule has 2 rings (SSSR count). The van der Waals surface area contributed by atoms with Gasteiger partial charge < -0.3 is 9.84 Å². The van der Waals surface area contributed by atoms with Crippen molar-refractivity contribution in [2.45, 2.75) is 18.0 Å². The maximum Gasteiger partial charge on any atom is 0.393 e. The highest BCUT2D eigenvalue weighted by Gasteiger charge is 2.55. The number of hydrogen-bond donors (Lipinski definition) is 1. The molecule has 1 aliphatic heterocycles. The molecule has 2 atom stereocenters. The summed E-state index contributed by atoms with van der Waals surface area (Å²) in [6.07, 6.45) is -3.97. The van der Waals surface area contributed by atoms with Crippen molar-refractivity contribution in [3.8, 4) is 0 Å². The Hall–Kier alpha value is -2.21. The number of hydrogen-bond acceptors (Lipinski definition) is 6. The number of rotatable bonds is 4. The van der Waals surface area contributed by atoms with Crippen molar-refractivity contribution in [3.63, 3.8) is 0 Å². The second-order valence-corrected chi connectivity index (χ2v) is 7.65. The lowest BCUT2D eigenvalue weighted by Gasteiger charge is -2.18. The van der Waals surface area contributed by atoms with Crippen LogP contribution in [-0.2, 0) is 19.6 Å². The predicted octanol–water partition coefficient (Wildman–Crippen LogP) is 1.06. The van der Waals surface area contributed by atoms with Gasteiger partial charge in [0.25, 0.3) is 0 Å². The molecule has 1 aromatic heterocycles. The summed E-state index contributed by atoms with van der Waals surface area (Å²) in [4.78, 5) is 26.0. The minimum Gasteiger partial charge on any atom is -0.481 e. The van der Waals surface area contributed by atoms with Gasteiger partial charge in [-0.05, 0) is 13.0 Å². The van der Waals surface area contributed by atoms with Crippen molar-refractivity contribution in [1.29, 1.82) is 0 Å². The molecule has 0 aromatic carbocycles. The predicted molar refractivity (Wildman–Crippen MR) is 79.7 cm³/mol. The molecule has 2 heterocycles. The van der Waals surface area contributed by atoms with Crippen molar-refractivity contribution in [2.75, 3.05) is 20.2 Å². The van der Waals surface area contributed by atoms with Gasteiger partial charge in [-0.1, -0.05) is 0 Å². The number of carbonyl (C=O) groups is 2. The minimum atomic E-state index is -4.87. The van der Waals surface area contributed by atoms with Crippen LogP contribution in [0.5, 0.6) is 0 Å². The van der Waals surface area contributed by atoms with Crippen LogP contribution in [-0.4, -0.2) is 61.1 Å². The van der Waals surface area contributed by atoms with Gasteiger partial charge in [-0.3, -0.25) is 9.78 Å². The Morgan fingerprint density at radius 3 is 2.42 bits per heavy atom. The van der Waals surface area contributed by atoms with Gasteiger partial charge in [0.1, 0.15) is 4.90 Å². The van der Waals surface area contributed by atoms with E-state index in [-0.39, 0.29) is 11.3 Å². The smallest absolute Gasteiger partial charge is 0.393 e. The number of aryl methyl sites for hydroxylation is 1. The highest BCUT2D eigenvalue weighted by Crippen LogP contribution is 2.39. The lowest BCUT2D eigenvalue weighted by molar-refractivity contribution is -0.187. The molecule has 26 heavy (non-hydrogen) atoms. The molecule has 1 aromatic rings. The summed E-state index contributed by atoms with van der Waals surface area (Å²) in [5.74, 6) is -6.83. The average Bonchev–Trinajstić information content (AvgIpc) is 3.01. The Labute approximate surface area is 146 Å². The molecule has 0 saturated carbocycles. The first-order valence-electron chi connectivity index (χ1n) is 7.24. The summed E-state index contributed by atoms with van der Waals surface area (Å²) in [5.41, 5.74) is 0.0173. The SMILES string of the molecule is COC(=O)c1cc(S(=O)(=O)N2C[C@@H](C(F)(F)F)[C@H](C(=O)O)C2)cnc1C. The number of carbonyl (C=O) groups excluding carboxylic acids is 1. The number of alkyl halides is 3. The standard InChI is InChI=1S/C14H15F3N2O6S/c1-7-9(13(22)25-2)3-8(4-18-7)26(23,24)19-5-10(12(20)21)11(6-19)14(15,16)17/h3-4,10-11H,5-6H2,1-2H3,(H,20,21)/t10-,11-/m1/s1. The molecule has 144 valence electrons. The van der Waals surface area contributed by atoms with Crippen molar-refractivity contribution >= 4 is 22.0 Å². The zero-order valence-corrected chi connectivity index (χ0v) is 14.5. The summed E-state index contributed by atoms with van der Waals surface area (Å²) < 4.78 is 69.3. The highest BCUT2D eigenvalue weighted by atomic mass is 32.2. The van der Waals surface area contributed by atoms with Crippen LogP contribution in [0.15, 0.2) is 17.2 Å². The second kappa shape index (κ2) is 6.83. The number of aliphatic carboxylic acids is 1. The van der Waals surface area contributed by atoms with E-state index in [0.29, 0.717) is 4.31 Å². The van der Waals surface area contributed by atoms with E-state index in [2.05, 4.69) is 9.72 Å². The molecule has 0 unspecified atom stereocenters. The quantitative estimate of drug-likeness (QED) is 0.757. The van der Waals surface area contributed by atoms with E-state index in [1.54, 1.807) is 0 Å². The third kappa shape index (κ3) is 3.65. The molecular weight excluding hydrogens is 381 g/mol. The van der Waals surface area contributed by atoms with E-state index >= 15 is 0 Å². The molecule has 1 saturated heterocycles. The number of aromatic nitrogens is 1. The zero-order chi connectivity index (χ0) is 19.9. The second-order valence-electron chi connectivity index (χ2n) is 5.71. The van der Waals surface area contributed by atoms with Crippen LogP contribution < -0.4 is 0 Å². The number of carboxylic acid groups (broad SMARTS) is 1. The Kier molecular flexibility index (Phi) is 5.29. The van der Waals surface area contributed by atoms with Gasteiger partial charge in [-0.15, -0.1) is 0 Å². The van der Waals surface area contributed by atoms with Crippen molar-refractivity contribution < 1.29 is 41.0 Å². The van der Waals surface area contributed by atoms with Gasteiger partial charge in [0.15, 0.2) is 0 Å². The van der Waals surface area contributed by atoms with Gasteiger partial charge in [0.2, 0.25) is 10.0 Å². The molecule has 1 N–H and O–H groups in total. The minimum absolute atomic E-state index is 0.157. The molecule has 12 heteroatoms. The van der Waals surface area contributed by atoms with Gasteiger partial charge >= 0.3 is 18.1 Å². The van der Waals surface area contributed by atoms with Gasteiger partial charge in [0.05, 0.1) is 30.2 Å². The molecule has 1 aliphatic rings. The van der Waals surface area contributed by atoms with Crippen LogP contribution in [0.3, 0.4) is 0 Å². The normalized spacial score (nSPS) is 21.6. The maximum absolute atomic E-state index is 13.0. The van der Waals surface area contributed by atoms with Crippen LogP contribution in [0.1, 0.15) is 16.1 Å². The van der Waals surface area contributed by atoms with E-state index < -0.39 is 58.0 Å². The van der Waals surface area contributed by atoms with Gasteiger partial charge in [-0.2, -0.15) is 17.5 Å². The molecule has 0 amide bonds. The van der Waals surface area contributed by atoms with Gasteiger partial charge in [-0.25, -0.2) is 13.2 Å². The largest absolute Gasteiger partial charge is 0.481 e. The highest BCUT2D eigenvalue weighted by molar-refractivity contribution is 7.89. The number of carboxylic acids is 1. The third-order valence-corrected chi connectivity index (χ3v) is 5.93. The van der Waals surface area contributed by atoms with E-state index in [1.165, 1.54) is 6.92 Å². The first-order valence-corrected chi connectivity index (χ1v) is 8.68. The van der Waals surface area contributed by atoms with Crippen LogP contribution in [0.4, 0.5) is 13.2 Å². The zero-order valence-electron chi connectivity index (χ0n) is 13.6. The van der Waals surface area contributed by atoms with Crippen molar-refractivity contribution in [3.05, 3.63) is 23.5 Å². The van der Waals surface area contributed by atoms with Crippen LogP contribution in [0.2, 0.25) is 0 Å². The summed E-state index contributed by atoms with van der Waals surface area (Å²) in [6.45, 7) is -0.424. The van der Waals surface area contributed by atoms with Crippen LogP contribution >= 0.6 is 0 Å². The number of ether oxygens (including phenoxy) is 1. The number of sulfonamides is 1. The van der Waals surface area contributed by atoms with Crippen LogP contribution in [0, 0.1) is 18.8 Å². The van der Waals surface area contributed by atoms with E-state index in [9.17, 15) is 31.2 Å². The van der Waals surface area contributed by atoms with Crippen molar-refractivity contribution in [1.82, 2.24) is 9.29 Å². The fourth-order valence-electron chi connectivity index (χ4n) is 2.67. The van der Waals surface area contributed by atoms with Crippen molar-refractivity contribution in [2.24, 2.45) is 11.8 Å². The number of halogens is 3. The Balaban J connectivity index is 2.42. The van der Waals surface area contributed by atoms with E-state index in [4.69, 9.17) is 5.11 Å². The molecule has 0 bridgehead atoms. The molecule has 1 fully saturated rings. The van der Waals surface area contributed by atoms with Gasteiger partial charge in [0, 0.05) is 19.3 Å². The topological polar surface area (TPSA) is 114 Å². The summed E-state index contributed by atoms with van der Waals surface area (Å²) >= 11 is 0. The lowest BCUT2D eigenvalue weighted by Crippen LogP contribution is -2.34. The number of esters is 1. The molecule has 8 nitrogen and oxygen atoms in total. The number of pyridine rings is 1. The van der Waals surface area contributed by atoms with E-state index in [1.807, 2.05) is 0 Å². The molecule has 0 spiro atoms. The monoisotopic (exact) mass is 396 g/mol. The van der Waals surface area contributed by atoms with E-state index in [0.717, 1.165) is 19.4 Å². The summed E-state index contributed by atoms with van der Waals surface area (Å²) in [7, 11) is -3.40. The Morgan fingerprint density at radius 1 is 1.35 bits per heavy atom.